The summed E-state index contributed by atoms with van der Waals surface area (Å²) in [5, 5.41) is 15.3. The van der Waals surface area contributed by atoms with Gasteiger partial charge in [0.1, 0.15) is 29.8 Å². The normalized spacial score (nSPS) is 16.2. The van der Waals surface area contributed by atoms with Crippen LogP contribution in [-0.2, 0) is 14.3 Å². The van der Waals surface area contributed by atoms with Crippen LogP contribution in [0.1, 0.15) is 39.7 Å². The topological polar surface area (TPSA) is 173 Å². The van der Waals surface area contributed by atoms with Gasteiger partial charge in [0.2, 0.25) is 11.8 Å². The molecule has 3 N–H and O–H groups in total. The van der Waals surface area contributed by atoms with E-state index in [9.17, 15) is 24.3 Å². The van der Waals surface area contributed by atoms with Crippen LogP contribution in [0.2, 0.25) is 0 Å². The lowest BCUT2D eigenvalue weighted by Crippen LogP contribution is -2.37. The van der Waals surface area contributed by atoms with Crippen LogP contribution in [0.5, 0.6) is 5.88 Å². The summed E-state index contributed by atoms with van der Waals surface area (Å²) in [5.41, 5.74) is -0.325. The van der Waals surface area contributed by atoms with E-state index in [1.807, 2.05) is 6.92 Å². The van der Waals surface area contributed by atoms with Crippen LogP contribution in [-0.4, -0.2) is 82.1 Å². The SMILES string of the molecule is CCN1CC(OC(=O)Nc2cc3cc(-c4cnc5c(c4C)N(C(=O)O)CCO5)c(F)c(NC(=O)OC(C)(C)C)c3cn2)CC1=O. The van der Waals surface area contributed by atoms with Gasteiger partial charge in [-0.3, -0.25) is 20.3 Å². The number of likely N-dealkylation sites (tertiary alicyclic amines) is 1. The number of fused-ring (bicyclic) bond motifs is 2. The average molecular weight is 625 g/mol. The van der Waals surface area contributed by atoms with Crippen molar-refractivity contribution in [3.63, 3.8) is 0 Å². The van der Waals surface area contributed by atoms with E-state index in [1.54, 1.807) is 32.6 Å². The third kappa shape index (κ3) is 6.51. The Hall–Kier alpha value is -5.21. The zero-order chi connectivity index (χ0) is 32.6. The molecule has 0 radical (unpaired) electrons. The second-order valence-electron chi connectivity index (χ2n) is 11.6. The summed E-state index contributed by atoms with van der Waals surface area (Å²) in [6.07, 6.45) is -0.850. The molecular formula is C30H33FN6O8. The van der Waals surface area contributed by atoms with Crippen molar-refractivity contribution in [3.8, 4) is 17.0 Å². The quantitative estimate of drug-likeness (QED) is 0.345. The number of pyridine rings is 2. The van der Waals surface area contributed by atoms with Crippen molar-refractivity contribution in [2.24, 2.45) is 0 Å². The van der Waals surface area contributed by atoms with E-state index in [0.717, 1.165) is 4.90 Å². The Morgan fingerprint density at radius 2 is 1.89 bits per heavy atom. The molecule has 1 fully saturated rings. The van der Waals surface area contributed by atoms with E-state index in [4.69, 9.17) is 14.2 Å². The first-order chi connectivity index (χ1) is 21.3. The maximum Gasteiger partial charge on any atom is 0.413 e. The maximum absolute atomic E-state index is 16.4. The Kier molecular flexibility index (Phi) is 8.36. The number of nitrogens with zero attached hydrogens (tertiary/aromatic N) is 4. The molecule has 3 aromatic rings. The van der Waals surface area contributed by atoms with Crippen LogP contribution < -0.4 is 20.3 Å². The van der Waals surface area contributed by atoms with Crippen molar-refractivity contribution in [3.05, 3.63) is 35.9 Å². The lowest BCUT2D eigenvalue weighted by atomic mass is 9.96. The fourth-order valence-electron chi connectivity index (χ4n) is 5.27. The molecule has 2 aromatic heterocycles. The Morgan fingerprint density at radius 3 is 2.56 bits per heavy atom. The first-order valence-corrected chi connectivity index (χ1v) is 14.3. The number of benzene rings is 1. The number of carboxylic acid groups (broad SMARTS) is 1. The molecule has 4 amide bonds. The summed E-state index contributed by atoms with van der Waals surface area (Å²) in [5.74, 6) is -0.789. The fourth-order valence-corrected chi connectivity index (χ4v) is 5.27. The molecule has 238 valence electrons. The molecule has 0 spiro atoms. The summed E-state index contributed by atoms with van der Waals surface area (Å²) >= 11 is 0. The molecule has 15 heteroatoms. The van der Waals surface area contributed by atoms with Crippen LogP contribution >= 0.6 is 0 Å². The van der Waals surface area contributed by atoms with Crippen LogP contribution in [0.25, 0.3) is 21.9 Å². The van der Waals surface area contributed by atoms with Gasteiger partial charge in [-0.25, -0.2) is 28.7 Å². The molecule has 14 nitrogen and oxygen atoms in total. The average Bonchev–Trinajstić information content (AvgIpc) is 3.31. The Morgan fingerprint density at radius 1 is 1.13 bits per heavy atom. The zero-order valence-electron chi connectivity index (χ0n) is 25.4. The fraction of sp³-hybridized carbons (Fsp3) is 0.400. The highest BCUT2D eigenvalue weighted by atomic mass is 19.1. The number of carbonyl (C=O) groups excluding carboxylic acids is 3. The van der Waals surface area contributed by atoms with Crippen molar-refractivity contribution < 1.29 is 42.9 Å². The van der Waals surface area contributed by atoms with E-state index >= 15 is 4.39 Å². The summed E-state index contributed by atoms with van der Waals surface area (Å²) < 4.78 is 32.7. The summed E-state index contributed by atoms with van der Waals surface area (Å²) in [6, 6.07) is 2.94. The Bertz CT molecular complexity index is 1710. The van der Waals surface area contributed by atoms with Crippen molar-refractivity contribution in [2.75, 3.05) is 41.8 Å². The number of likely N-dealkylation sites (N-methyl/N-ethyl adjacent to an activating group) is 1. The van der Waals surface area contributed by atoms with Gasteiger partial charge in [0.25, 0.3) is 0 Å². The van der Waals surface area contributed by atoms with Gasteiger partial charge in [0.15, 0.2) is 5.82 Å². The van der Waals surface area contributed by atoms with E-state index in [-0.39, 0.29) is 71.6 Å². The van der Waals surface area contributed by atoms with E-state index in [1.165, 1.54) is 24.5 Å². The summed E-state index contributed by atoms with van der Waals surface area (Å²) in [4.78, 5) is 60.5. The second-order valence-corrected chi connectivity index (χ2v) is 11.6. The van der Waals surface area contributed by atoms with E-state index in [2.05, 4.69) is 20.6 Å². The van der Waals surface area contributed by atoms with Crippen molar-refractivity contribution >= 4 is 52.2 Å². The summed E-state index contributed by atoms with van der Waals surface area (Å²) in [7, 11) is 0. The van der Waals surface area contributed by atoms with Gasteiger partial charge >= 0.3 is 18.3 Å². The molecule has 4 heterocycles. The molecule has 2 aliphatic heterocycles. The number of rotatable bonds is 5. The van der Waals surface area contributed by atoms with Gasteiger partial charge in [-0.1, -0.05) is 0 Å². The standard InChI is InChI=1S/C30H33FN6O8/c1-6-36-14-17(11-22(36)38)44-27(39)34-21-10-16-9-18(19-12-33-26-25(15(19)2)37(29(41)42)7-8-43-26)23(31)24(20(16)13-32-21)35-28(40)45-30(3,4)5/h9-10,12-13,17H,6-8,11,14H2,1-5H3,(H,35,40)(H,41,42)(H,32,34,39). The molecule has 1 saturated heterocycles. The number of ether oxygens (including phenoxy) is 3. The third-order valence-electron chi connectivity index (χ3n) is 7.27. The van der Waals surface area contributed by atoms with Gasteiger partial charge in [0, 0.05) is 35.5 Å². The summed E-state index contributed by atoms with van der Waals surface area (Å²) in [6.45, 7) is 9.40. The molecule has 0 saturated carbocycles. The van der Waals surface area contributed by atoms with E-state index < -0.39 is 35.8 Å². The van der Waals surface area contributed by atoms with Gasteiger partial charge in [-0.2, -0.15) is 0 Å². The molecule has 0 aliphatic carbocycles. The van der Waals surface area contributed by atoms with Crippen molar-refractivity contribution in [2.45, 2.75) is 52.7 Å². The van der Waals surface area contributed by atoms with Crippen molar-refractivity contribution in [1.82, 2.24) is 14.9 Å². The number of hydrogen-bond acceptors (Lipinski definition) is 9. The first-order valence-electron chi connectivity index (χ1n) is 14.3. The molecule has 1 aromatic carbocycles. The minimum absolute atomic E-state index is 0.0128. The molecule has 1 unspecified atom stereocenters. The number of anilines is 3. The number of halogens is 1. The third-order valence-corrected chi connectivity index (χ3v) is 7.27. The molecule has 0 bridgehead atoms. The monoisotopic (exact) mass is 624 g/mol. The predicted molar refractivity (Wildman–Crippen MR) is 161 cm³/mol. The van der Waals surface area contributed by atoms with Crippen LogP contribution in [0.4, 0.5) is 36.0 Å². The highest BCUT2D eigenvalue weighted by Crippen LogP contribution is 2.42. The largest absolute Gasteiger partial charge is 0.474 e. The molecular weight excluding hydrogens is 591 g/mol. The minimum atomic E-state index is -1.22. The highest BCUT2D eigenvalue weighted by Gasteiger charge is 2.32. The predicted octanol–water partition coefficient (Wildman–Crippen LogP) is 5.14. The molecule has 5 rings (SSSR count). The highest BCUT2D eigenvalue weighted by molar-refractivity contribution is 6.05. The number of carbonyl (C=O) groups is 4. The van der Waals surface area contributed by atoms with Gasteiger partial charge in [0.05, 0.1) is 25.2 Å². The van der Waals surface area contributed by atoms with E-state index in [0.29, 0.717) is 17.5 Å². The van der Waals surface area contributed by atoms with Crippen LogP contribution in [0, 0.1) is 12.7 Å². The lowest BCUT2D eigenvalue weighted by molar-refractivity contribution is -0.127. The molecule has 1 atom stereocenters. The Labute approximate surface area is 257 Å². The zero-order valence-corrected chi connectivity index (χ0v) is 25.4. The first kappa shape index (κ1) is 31.2. The van der Waals surface area contributed by atoms with Gasteiger partial charge < -0.3 is 24.2 Å². The minimum Gasteiger partial charge on any atom is -0.474 e. The lowest BCUT2D eigenvalue weighted by Gasteiger charge is -2.29. The number of hydrogen-bond donors (Lipinski definition) is 3. The van der Waals surface area contributed by atoms with Gasteiger partial charge in [-0.15, -0.1) is 0 Å². The number of nitrogens with one attached hydrogen (secondary N) is 2. The van der Waals surface area contributed by atoms with Crippen LogP contribution in [0.15, 0.2) is 24.5 Å². The molecule has 45 heavy (non-hydrogen) atoms. The Balaban J connectivity index is 1.56. The number of amides is 4. The van der Waals surface area contributed by atoms with Gasteiger partial charge in [-0.05, 0) is 57.7 Å². The smallest absolute Gasteiger partial charge is 0.413 e. The van der Waals surface area contributed by atoms with Crippen molar-refractivity contribution in [1.29, 1.82) is 0 Å². The molecule has 2 aliphatic rings. The number of aromatic nitrogens is 2. The van der Waals surface area contributed by atoms with Crippen LogP contribution in [0.3, 0.4) is 0 Å². The second kappa shape index (κ2) is 12.1. The maximum atomic E-state index is 16.4.